The molecule has 24 heavy (non-hydrogen) atoms. The van der Waals surface area contributed by atoms with Crippen molar-refractivity contribution in [2.75, 3.05) is 18.4 Å². The van der Waals surface area contributed by atoms with Crippen molar-refractivity contribution in [1.29, 1.82) is 0 Å². The van der Waals surface area contributed by atoms with E-state index in [0.29, 0.717) is 24.1 Å². The van der Waals surface area contributed by atoms with Crippen LogP contribution in [0.3, 0.4) is 0 Å². The number of hydrogen-bond acceptors (Lipinski definition) is 4. The molecule has 2 N–H and O–H groups in total. The van der Waals surface area contributed by atoms with Crippen LogP contribution in [-0.4, -0.2) is 29.0 Å². The van der Waals surface area contributed by atoms with Crippen LogP contribution in [0.1, 0.15) is 42.7 Å². The summed E-state index contributed by atoms with van der Waals surface area (Å²) in [5.74, 6) is 0.971. The molecular formula is C19H26N4O. The van der Waals surface area contributed by atoms with Crippen LogP contribution < -0.4 is 10.6 Å². The average Bonchev–Trinajstić information content (AvgIpc) is 2.59. The number of aryl methyl sites for hydroxylation is 1. The van der Waals surface area contributed by atoms with Crippen molar-refractivity contribution in [2.45, 2.75) is 33.1 Å². The maximum Gasteiger partial charge on any atom is 0.270 e. The molecule has 0 aliphatic carbocycles. The highest BCUT2D eigenvalue weighted by molar-refractivity contribution is 5.92. The summed E-state index contributed by atoms with van der Waals surface area (Å²) in [6.45, 7) is 5.78. The summed E-state index contributed by atoms with van der Waals surface area (Å²) in [6.07, 6.45) is 4.51. The Kier molecular flexibility index (Phi) is 7.21. The van der Waals surface area contributed by atoms with Gasteiger partial charge in [-0.15, -0.1) is 0 Å². The lowest BCUT2D eigenvalue weighted by Gasteiger charge is -2.08. The van der Waals surface area contributed by atoms with Crippen LogP contribution in [0.4, 0.5) is 5.95 Å². The van der Waals surface area contributed by atoms with E-state index in [-0.39, 0.29) is 5.91 Å². The molecule has 2 aromatic rings. The zero-order chi connectivity index (χ0) is 17.2. The fourth-order valence-electron chi connectivity index (χ4n) is 2.27. The van der Waals surface area contributed by atoms with Crippen LogP contribution in [0.5, 0.6) is 0 Å². The van der Waals surface area contributed by atoms with Crippen LogP contribution in [0.15, 0.2) is 42.6 Å². The summed E-state index contributed by atoms with van der Waals surface area (Å²) in [6, 6.07) is 11.9. The number of carbonyl (C=O) groups excluding carboxylic acids is 1. The zero-order valence-electron chi connectivity index (χ0n) is 14.5. The molecule has 5 heteroatoms. The molecule has 1 amide bonds. The normalized spacial score (nSPS) is 10.6. The van der Waals surface area contributed by atoms with Gasteiger partial charge < -0.3 is 10.6 Å². The van der Waals surface area contributed by atoms with Crippen molar-refractivity contribution in [3.8, 4) is 0 Å². The van der Waals surface area contributed by atoms with E-state index >= 15 is 0 Å². The van der Waals surface area contributed by atoms with E-state index < -0.39 is 0 Å². The molecular weight excluding hydrogens is 300 g/mol. The average molecular weight is 326 g/mol. The fourth-order valence-corrected chi connectivity index (χ4v) is 2.27. The van der Waals surface area contributed by atoms with Gasteiger partial charge in [0.05, 0.1) is 0 Å². The number of carbonyl (C=O) groups is 1. The lowest BCUT2D eigenvalue weighted by Crippen LogP contribution is -2.26. The predicted octanol–water partition coefficient (Wildman–Crippen LogP) is 3.30. The van der Waals surface area contributed by atoms with E-state index in [2.05, 4.69) is 46.6 Å². The number of nitrogens with zero attached hydrogens (tertiary/aromatic N) is 2. The number of nitrogens with one attached hydrogen (secondary N) is 2. The van der Waals surface area contributed by atoms with Crippen molar-refractivity contribution in [2.24, 2.45) is 5.92 Å². The van der Waals surface area contributed by atoms with E-state index in [4.69, 9.17) is 0 Å². The highest BCUT2D eigenvalue weighted by atomic mass is 16.1. The Hall–Kier alpha value is -2.43. The first-order chi connectivity index (χ1) is 11.6. The SMILES string of the molecule is CC(C)CCNc1nccc(C(=O)NCCCc2ccccc2)n1. The Balaban J connectivity index is 1.75. The Labute approximate surface area is 143 Å². The van der Waals surface area contributed by atoms with Crippen molar-refractivity contribution in [1.82, 2.24) is 15.3 Å². The van der Waals surface area contributed by atoms with Gasteiger partial charge in [-0.3, -0.25) is 4.79 Å². The van der Waals surface area contributed by atoms with Gasteiger partial charge in [-0.05, 0) is 36.8 Å². The van der Waals surface area contributed by atoms with E-state index in [1.54, 1.807) is 12.3 Å². The monoisotopic (exact) mass is 326 g/mol. The van der Waals surface area contributed by atoms with Crippen molar-refractivity contribution in [3.63, 3.8) is 0 Å². The smallest absolute Gasteiger partial charge is 0.270 e. The maximum atomic E-state index is 12.2. The third-order valence-electron chi connectivity index (χ3n) is 3.66. The van der Waals surface area contributed by atoms with E-state index in [0.717, 1.165) is 25.8 Å². The molecule has 0 aliphatic rings. The molecule has 0 atom stereocenters. The summed E-state index contributed by atoms with van der Waals surface area (Å²) >= 11 is 0. The summed E-state index contributed by atoms with van der Waals surface area (Å²) in [4.78, 5) is 20.6. The second-order valence-corrected chi connectivity index (χ2v) is 6.22. The zero-order valence-corrected chi connectivity index (χ0v) is 14.5. The molecule has 0 saturated heterocycles. The number of rotatable bonds is 9. The third-order valence-corrected chi connectivity index (χ3v) is 3.66. The highest BCUT2D eigenvalue weighted by Crippen LogP contribution is 2.04. The molecule has 0 saturated carbocycles. The topological polar surface area (TPSA) is 66.9 Å². The standard InChI is InChI=1S/C19H26N4O/c1-15(2)10-13-21-19-22-14-11-17(23-19)18(24)20-12-6-9-16-7-4-3-5-8-16/h3-5,7-8,11,14-15H,6,9-10,12-13H2,1-2H3,(H,20,24)(H,21,22,23). The van der Waals surface area contributed by atoms with Crippen LogP contribution in [0.2, 0.25) is 0 Å². The van der Waals surface area contributed by atoms with Crippen molar-refractivity contribution >= 4 is 11.9 Å². The summed E-state index contributed by atoms with van der Waals surface area (Å²) in [7, 11) is 0. The Morgan fingerprint density at radius 2 is 1.92 bits per heavy atom. The van der Waals surface area contributed by atoms with Gasteiger partial charge in [0.15, 0.2) is 0 Å². The molecule has 1 heterocycles. The molecule has 0 unspecified atom stereocenters. The molecule has 0 radical (unpaired) electrons. The molecule has 0 bridgehead atoms. The first kappa shape index (κ1) is 17.9. The van der Waals surface area contributed by atoms with Gasteiger partial charge in [-0.2, -0.15) is 0 Å². The summed E-state index contributed by atoms with van der Waals surface area (Å²) < 4.78 is 0. The van der Waals surface area contributed by atoms with Crippen LogP contribution in [0.25, 0.3) is 0 Å². The summed E-state index contributed by atoms with van der Waals surface area (Å²) in [5, 5.41) is 6.07. The minimum absolute atomic E-state index is 0.155. The van der Waals surface area contributed by atoms with E-state index in [9.17, 15) is 4.79 Å². The second kappa shape index (κ2) is 9.65. The Morgan fingerprint density at radius 3 is 2.67 bits per heavy atom. The van der Waals surface area contributed by atoms with Gasteiger partial charge >= 0.3 is 0 Å². The van der Waals surface area contributed by atoms with Gasteiger partial charge in [0, 0.05) is 19.3 Å². The number of anilines is 1. The lowest BCUT2D eigenvalue weighted by molar-refractivity contribution is 0.0948. The molecule has 0 fully saturated rings. The number of aromatic nitrogens is 2. The van der Waals surface area contributed by atoms with Crippen molar-refractivity contribution < 1.29 is 4.79 Å². The van der Waals surface area contributed by atoms with Crippen LogP contribution >= 0.6 is 0 Å². The molecule has 128 valence electrons. The highest BCUT2D eigenvalue weighted by Gasteiger charge is 2.08. The van der Waals surface area contributed by atoms with Crippen LogP contribution in [-0.2, 0) is 6.42 Å². The third kappa shape index (κ3) is 6.36. The molecule has 0 aliphatic heterocycles. The van der Waals surface area contributed by atoms with Crippen molar-refractivity contribution in [3.05, 3.63) is 53.9 Å². The molecule has 0 spiro atoms. The maximum absolute atomic E-state index is 12.2. The number of benzene rings is 1. The fraction of sp³-hybridized carbons (Fsp3) is 0.421. The molecule has 1 aromatic carbocycles. The molecule has 5 nitrogen and oxygen atoms in total. The predicted molar refractivity (Wildman–Crippen MR) is 97.1 cm³/mol. The number of hydrogen-bond donors (Lipinski definition) is 2. The first-order valence-corrected chi connectivity index (χ1v) is 8.54. The van der Waals surface area contributed by atoms with Crippen LogP contribution in [0, 0.1) is 5.92 Å². The van der Waals surface area contributed by atoms with Gasteiger partial charge in [0.1, 0.15) is 5.69 Å². The molecule has 1 aromatic heterocycles. The first-order valence-electron chi connectivity index (χ1n) is 8.54. The van der Waals surface area contributed by atoms with Gasteiger partial charge in [0.25, 0.3) is 5.91 Å². The van der Waals surface area contributed by atoms with E-state index in [1.165, 1.54) is 5.56 Å². The van der Waals surface area contributed by atoms with Gasteiger partial charge in [0.2, 0.25) is 5.95 Å². The Bertz CT molecular complexity index is 628. The molecule has 2 rings (SSSR count). The largest absolute Gasteiger partial charge is 0.354 e. The van der Waals surface area contributed by atoms with E-state index in [1.807, 2.05) is 18.2 Å². The van der Waals surface area contributed by atoms with Gasteiger partial charge in [-0.1, -0.05) is 44.2 Å². The number of amides is 1. The minimum atomic E-state index is -0.155. The summed E-state index contributed by atoms with van der Waals surface area (Å²) in [5.41, 5.74) is 1.68. The minimum Gasteiger partial charge on any atom is -0.354 e. The lowest BCUT2D eigenvalue weighted by atomic mass is 10.1. The Morgan fingerprint density at radius 1 is 1.12 bits per heavy atom. The quantitative estimate of drug-likeness (QED) is 0.694. The second-order valence-electron chi connectivity index (χ2n) is 6.22. The van der Waals surface area contributed by atoms with Gasteiger partial charge in [-0.25, -0.2) is 9.97 Å².